The van der Waals surface area contributed by atoms with Gasteiger partial charge in [-0.1, -0.05) is 5.21 Å². The molecule has 4 nitrogen and oxygen atoms in total. The van der Waals surface area contributed by atoms with Crippen molar-refractivity contribution in [3.05, 3.63) is 11.9 Å². The summed E-state index contributed by atoms with van der Waals surface area (Å²) in [5, 5.41) is 8.41. The molecule has 4 fully saturated rings. The zero-order valence-electron chi connectivity index (χ0n) is 11.8. The lowest BCUT2D eigenvalue weighted by molar-refractivity contribution is -0.0817. The van der Waals surface area contributed by atoms with Gasteiger partial charge in [0.2, 0.25) is 0 Å². The van der Waals surface area contributed by atoms with E-state index in [4.69, 9.17) is 5.73 Å². The molecule has 0 spiro atoms. The molecule has 0 radical (unpaired) electrons. The standard InChI is InChI=1S/C15H24N4/c1-10(19-14(8-16)9-17-18-19)15-5-11-2-12(6-15)4-13(3-11)7-15/h9-13H,2-8,16H2,1H3. The van der Waals surface area contributed by atoms with Crippen LogP contribution in [0.15, 0.2) is 6.20 Å². The van der Waals surface area contributed by atoms with E-state index < -0.39 is 0 Å². The molecule has 2 N–H and O–H groups in total. The van der Waals surface area contributed by atoms with Gasteiger partial charge in [-0.2, -0.15) is 0 Å². The SMILES string of the molecule is CC(n1nncc1CN)C12CC3CC(CC(C3)C1)C2. The van der Waals surface area contributed by atoms with Gasteiger partial charge in [-0.3, -0.25) is 0 Å². The first-order chi connectivity index (χ1) is 9.20. The van der Waals surface area contributed by atoms with Crippen molar-refractivity contribution in [2.75, 3.05) is 0 Å². The molecule has 0 aliphatic heterocycles. The molecule has 1 heterocycles. The predicted octanol–water partition coefficient (Wildman–Crippen LogP) is 2.51. The minimum absolute atomic E-state index is 0.460. The third kappa shape index (κ3) is 1.69. The zero-order chi connectivity index (χ0) is 13.0. The Labute approximate surface area is 114 Å². The second kappa shape index (κ2) is 4.05. The molecule has 4 saturated carbocycles. The number of aromatic nitrogens is 3. The Balaban J connectivity index is 1.68. The summed E-state index contributed by atoms with van der Waals surface area (Å²) >= 11 is 0. The minimum Gasteiger partial charge on any atom is -0.325 e. The first-order valence-electron chi connectivity index (χ1n) is 7.79. The summed E-state index contributed by atoms with van der Waals surface area (Å²) in [4.78, 5) is 0. The summed E-state index contributed by atoms with van der Waals surface area (Å²) in [6, 6.07) is 0.460. The van der Waals surface area contributed by atoms with Crippen LogP contribution in [0.2, 0.25) is 0 Å². The van der Waals surface area contributed by atoms with Crippen LogP contribution >= 0.6 is 0 Å². The molecule has 5 rings (SSSR count). The van der Waals surface area contributed by atoms with Gasteiger partial charge in [0.25, 0.3) is 0 Å². The number of hydrogen-bond acceptors (Lipinski definition) is 3. The van der Waals surface area contributed by atoms with Crippen LogP contribution in [0.1, 0.15) is 57.2 Å². The Morgan fingerprint density at radius 3 is 2.37 bits per heavy atom. The average molecular weight is 260 g/mol. The van der Waals surface area contributed by atoms with E-state index in [9.17, 15) is 0 Å². The molecule has 1 atom stereocenters. The number of nitrogens with two attached hydrogens (primary N) is 1. The Morgan fingerprint density at radius 2 is 1.84 bits per heavy atom. The summed E-state index contributed by atoms with van der Waals surface area (Å²) in [5.74, 6) is 2.95. The lowest BCUT2D eigenvalue weighted by atomic mass is 9.48. The number of rotatable bonds is 3. The van der Waals surface area contributed by atoms with Gasteiger partial charge < -0.3 is 5.73 Å². The maximum absolute atomic E-state index is 5.82. The third-order valence-corrected chi connectivity index (χ3v) is 6.20. The maximum atomic E-state index is 5.82. The molecule has 4 heteroatoms. The van der Waals surface area contributed by atoms with E-state index in [1.54, 1.807) is 0 Å². The quantitative estimate of drug-likeness (QED) is 0.908. The fourth-order valence-electron chi connectivity index (χ4n) is 5.69. The van der Waals surface area contributed by atoms with Gasteiger partial charge in [0.15, 0.2) is 0 Å². The molecule has 4 aliphatic rings. The smallest absolute Gasteiger partial charge is 0.0738 e. The highest BCUT2D eigenvalue weighted by molar-refractivity contribution is 5.06. The Kier molecular flexibility index (Phi) is 2.53. The third-order valence-electron chi connectivity index (χ3n) is 6.20. The van der Waals surface area contributed by atoms with Gasteiger partial charge >= 0.3 is 0 Å². The van der Waals surface area contributed by atoms with Crippen LogP contribution in [0.5, 0.6) is 0 Å². The second-order valence-corrected chi connectivity index (χ2v) is 7.33. The number of hydrogen-bond donors (Lipinski definition) is 1. The van der Waals surface area contributed by atoms with Crippen molar-refractivity contribution in [3.8, 4) is 0 Å². The second-order valence-electron chi connectivity index (χ2n) is 7.33. The van der Waals surface area contributed by atoms with Crippen LogP contribution in [0.3, 0.4) is 0 Å². The highest BCUT2D eigenvalue weighted by Crippen LogP contribution is 2.63. The minimum atomic E-state index is 0.460. The van der Waals surface area contributed by atoms with Gasteiger partial charge in [-0.25, -0.2) is 4.68 Å². The molecule has 1 aromatic heterocycles. The molecule has 1 unspecified atom stereocenters. The van der Waals surface area contributed by atoms with Gasteiger partial charge in [-0.05, 0) is 68.6 Å². The van der Waals surface area contributed by atoms with Gasteiger partial charge in [0.1, 0.15) is 0 Å². The normalized spacial score (nSPS) is 41.7. The van der Waals surface area contributed by atoms with E-state index in [2.05, 4.69) is 21.9 Å². The average Bonchev–Trinajstić information content (AvgIpc) is 2.84. The Hall–Kier alpha value is -0.900. The van der Waals surface area contributed by atoms with Crippen LogP contribution in [0, 0.1) is 23.2 Å². The fraction of sp³-hybridized carbons (Fsp3) is 0.867. The summed E-state index contributed by atoms with van der Waals surface area (Å²) < 4.78 is 2.12. The number of nitrogens with zero attached hydrogens (tertiary/aromatic N) is 3. The molecule has 4 bridgehead atoms. The largest absolute Gasteiger partial charge is 0.325 e. The maximum Gasteiger partial charge on any atom is 0.0738 e. The molecule has 0 amide bonds. The van der Waals surface area contributed by atoms with Crippen molar-refractivity contribution < 1.29 is 0 Å². The van der Waals surface area contributed by atoms with Crippen molar-refractivity contribution in [1.82, 2.24) is 15.0 Å². The summed E-state index contributed by atoms with van der Waals surface area (Å²) in [7, 11) is 0. The molecular weight excluding hydrogens is 236 g/mol. The van der Waals surface area contributed by atoms with E-state index in [1.807, 2.05) is 6.20 Å². The van der Waals surface area contributed by atoms with E-state index in [-0.39, 0.29) is 0 Å². The zero-order valence-corrected chi connectivity index (χ0v) is 11.8. The lowest BCUT2D eigenvalue weighted by Crippen LogP contribution is -2.49. The van der Waals surface area contributed by atoms with Crippen molar-refractivity contribution in [1.29, 1.82) is 0 Å². The predicted molar refractivity (Wildman–Crippen MR) is 73.2 cm³/mol. The van der Waals surface area contributed by atoms with Gasteiger partial charge in [0.05, 0.1) is 17.9 Å². The van der Waals surface area contributed by atoms with Crippen LogP contribution in [0.4, 0.5) is 0 Å². The van der Waals surface area contributed by atoms with Gasteiger partial charge in [0, 0.05) is 6.54 Å². The Morgan fingerprint density at radius 1 is 1.26 bits per heavy atom. The van der Waals surface area contributed by atoms with Crippen LogP contribution in [0.25, 0.3) is 0 Å². The monoisotopic (exact) mass is 260 g/mol. The molecule has 4 aliphatic carbocycles. The molecule has 19 heavy (non-hydrogen) atoms. The topological polar surface area (TPSA) is 56.7 Å². The van der Waals surface area contributed by atoms with Crippen molar-refractivity contribution in [3.63, 3.8) is 0 Å². The Bertz CT molecular complexity index is 443. The molecule has 1 aromatic rings. The molecular formula is C15H24N4. The van der Waals surface area contributed by atoms with Crippen LogP contribution in [-0.2, 0) is 6.54 Å². The molecule has 0 aromatic carbocycles. The first kappa shape index (κ1) is 11.9. The lowest BCUT2D eigenvalue weighted by Gasteiger charge is -2.59. The highest BCUT2D eigenvalue weighted by Gasteiger charge is 2.53. The van der Waals surface area contributed by atoms with E-state index in [0.29, 0.717) is 18.0 Å². The van der Waals surface area contributed by atoms with Crippen LogP contribution < -0.4 is 5.73 Å². The van der Waals surface area contributed by atoms with Crippen molar-refractivity contribution >= 4 is 0 Å². The van der Waals surface area contributed by atoms with Crippen molar-refractivity contribution in [2.24, 2.45) is 28.9 Å². The summed E-state index contributed by atoms with van der Waals surface area (Å²) in [6.45, 7) is 2.89. The van der Waals surface area contributed by atoms with E-state index in [1.165, 1.54) is 38.5 Å². The van der Waals surface area contributed by atoms with E-state index >= 15 is 0 Å². The highest BCUT2D eigenvalue weighted by atomic mass is 15.4. The van der Waals surface area contributed by atoms with Crippen molar-refractivity contribution in [2.45, 2.75) is 58.0 Å². The van der Waals surface area contributed by atoms with Gasteiger partial charge in [-0.15, -0.1) is 5.10 Å². The summed E-state index contributed by atoms with van der Waals surface area (Å²) in [6.07, 6.45) is 10.5. The fourth-order valence-corrected chi connectivity index (χ4v) is 5.69. The molecule has 104 valence electrons. The van der Waals surface area contributed by atoms with Crippen LogP contribution in [-0.4, -0.2) is 15.0 Å². The summed E-state index contributed by atoms with van der Waals surface area (Å²) in [5.41, 5.74) is 7.39. The first-order valence-corrected chi connectivity index (χ1v) is 7.79. The van der Waals surface area contributed by atoms with E-state index in [0.717, 1.165) is 23.4 Å². The molecule has 0 saturated heterocycles.